The third kappa shape index (κ3) is 2.87. The van der Waals surface area contributed by atoms with Crippen LogP contribution in [0.2, 0.25) is 0 Å². The van der Waals surface area contributed by atoms with Crippen LogP contribution >= 0.6 is 0 Å². The molecule has 4 rings (SSSR count). The van der Waals surface area contributed by atoms with E-state index in [9.17, 15) is 4.79 Å². The molecule has 126 valence electrons. The van der Waals surface area contributed by atoms with Crippen LogP contribution in [0.3, 0.4) is 0 Å². The molecule has 0 saturated carbocycles. The van der Waals surface area contributed by atoms with Crippen molar-refractivity contribution in [3.8, 4) is 11.6 Å². The van der Waals surface area contributed by atoms with Gasteiger partial charge in [-0.3, -0.25) is 4.79 Å². The highest BCUT2D eigenvalue weighted by atomic mass is 16.5. The summed E-state index contributed by atoms with van der Waals surface area (Å²) in [6, 6.07) is 13.3. The molecule has 6 nitrogen and oxygen atoms in total. The third-order valence-corrected chi connectivity index (χ3v) is 4.38. The maximum Gasteiger partial charge on any atom is 0.255 e. The molecule has 0 radical (unpaired) electrons. The zero-order chi connectivity index (χ0) is 17.2. The number of pyridine rings is 1. The number of aromatic nitrogens is 3. The lowest BCUT2D eigenvalue weighted by molar-refractivity contribution is 0.0924. The van der Waals surface area contributed by atoms with Gasteiger partial charge in [0.25, 0.3) is 5.91 Å². The highest BCUT2D eigenvalue weighted by molar-refractivity contribution is 5.95. The Hall–Kier alpha value is -3.15. The third-order valence-electron chi connectivity index (χ3n) is 4.38. The Morgan fingerprint density at radius 3 is 2.92 bits per heavy atom. The Morgan fingerprint density at radius 2 is 2.08 bits per heavy atom. The minimum absolute atomic E-state index is 0.0601. The maximum atomic E-state index is 12.8. The Labute approximate surface area is 145 Å². The van der Waals surface area contributed by atoms with Crippen LogP contribution in [0.5, 0.6) is 5.75 Å². The summed E-state index contributed by atoms with van der Waals surface area (Å²) in [4.78, 5) is 17.0. The SMILES string of the molecule is Cc1c(C(=O)NC2CCOc3ccccc32)cnn1-c1ccccn1. The molecule has 1 aromatic carbocycles. The Morgan fingerprint density at radius 1 is 1.24 bits per heavy atom. The van der Waals surface area contributed by atoms with Crippen molar-refractivity contribution in [3.05, 3.63) is 71.7 Å². The van der Waals surface area contributed by atoms with Crippen molar-refractivity contribution in [2.75, 3.05) is 6.61 Å². The number of hydrogen-bond acceptors (Lipinski definition) is 4. The zero-order valence-electron chi connectivity index (χ0n) is 13.8. The van der Waals surface area contributed by atoms with E-state index in [1.165, 1.54) is 0 Å². The van der Waals surface area contributed by atoms with E-state index in [-0.39, 0.29) is 11.9 Å². The van der Waals surface area contributed by atoms with E-state index in [1.54, 1.807) is 17.1 Å². The monoisotopic (exact) mass is 334 g/mol. The number of nitrogens with zero attached hydrogens (tertiary/aromatic N) is 3. The van der Waals surface area contributed by atoms with Gasteiger partial charge in [-0.05, 0) is 25.1 Å². The molecule has 0 aliphatic carbocycles. The summed E-state index contributed by atoms with van der Waals surface area (Å²) in [6.07, 6.45) is 4.04. The lowest BCUT2D eigenvalue weighted by atomic mass is 10.0. The second-order valence-corrected chi connectivity index (χ2v) is 5.94. The molecule has 1 atom stereocenters. The van der Waals surface area contributed by atoms with Crippen molar-refractivity contribution in [2.24, 2.45) is 0 Å². The highest BCUT2D eigenvalue weighted by Gasteiger charge is 2.24. The molecule has 1 amide bonds. The molecule has 1 unspecified atom stereocenters. The average molecular weight is 334 g/mol. The maximum absolute atomic E-state index is 12.8. The molecule has 0 fully saturated rings. The van der Waals surface area contributed by atoms with E-state index in [0.29, 0.717) is 18.0 Å². The molecule has 0 bridgehead atoms. The summed E-state index contributed by atoms with van der Waals surface area (Å²) in [7, 11) is 0. The first-order chi connectivity index (χ1) is 12.2. The molecule has 0 spiro atoms. The van der Waals surface area contributed by atoms with Crippen LogP contribution in [-0.4, -0.2) is 27.3 Å². The van der Waals surface area contributed by atoms with Gasteiger partial charge < -0.3 is 10.1 Å². The fourth-order valence-electron chi connectivity index (χ4n) is 3.07. The van der Waals surface area contributed by atoms with E-state index >= 15 is 0 Å². The molecule has 1 aliphatic heterocycles. The van der Waals surface area contributed by atoms with E-state index in [0.717, 1.165) is 23.4 Å². The predicted molar refractivity (Wildman–Crippen MR) is 92.9 cm³/mol. The van der Waals surface area contributed by atoms with Gasteiger partial charge in [0.2, 0.25) is 0 Å². The van der Waals surface area contributed by atoms with Crippen LogP contribution in [0.15, 0.2) is 54.9 Å². The number of amides is 1. The van der Waals surface area contributed by atoms with Crippen LogP contribution in [0.4, 0.5) is 0 Å². The van der Waals surface area contributed by atoms with Gasteiger partial charge in [0.15, 0.2) is 5.82 Å². The minimum atomic E-state index is -0.138. The molecule has 0 saturated heterocycles. The number of benzene rings is 1. The van der Waals surface area contributed by atoms with Gasteiger partial charge in [-0.25, -0.2) is 9.67 Å². The molecular weight excluding hydrogens is 316 g/mol. The van der Waals surface area contributed by atoms with Gasteiger partial charge in [0.1, 0.15) is 5.75 Å². The second kappa shape index (κ2) is 6.39. The predicted octanol–water partition coefficient (Wildman–Crippen LogP) is 2.83. The highest BCUT2D eigenvalue weighted by Crippen LogP contribution is 2.31. The largest absolute Gasteiger partial charge is 0.493 e. The van der Waals surface area contributed by atoms with Crippen LogP contribution in [0.25, 0.3) is 5.82 Å². The number of rotatable bonds is 3. The van der Waals surface area contributed by atoms with Gasteiger partial charge in [0.05, 0.1) is 30.1 Å². The van der Waals surface area contributed by atoms with Gasteiger partial charge in [-0.15, -0.1) is 0 Å². The van der Waals surface area contributed by atoms with Crippen LogP contribution in [0.1, 0.15) is 34.1 Å². The minimum Gasteiger partial charge on any atom is -0.493 e. The Bertz CT molecular complexity index is 905. The normalized spacial score (nSPS) is 16.0. The second-order valence-electron chi connectivity index (χ2n) is 5.94. The van der Waals surface area contributed by atoms with E-state index < -0.39 is 0 Å². The van der Waals surface area contributed by atoms with E-state index in [4.69, 9.17) is 4.74 Å². The molecule has 3 heterocycles. The molecular formula is C19H18N4O2. The summed E-state index contributed by atoms with van der Waals surface area (Å²) in [5.74, 6) is 1.39. The molecule has 6 heteroatoms. The lowest BCUT2D eigenvalue weighted by Crippen LogP contribution is -2.32. The smallest absolute Gasteiger partial charge is 0.255 e. The zero-order valence-corrected chi connectivity index (χ0v) is 13.8. The van der Waals surface area contributed by atoms with Gasteiger partial charge in [-0.1, -0.05) is 24.3 Å². The van der Waals surface area contributed by atoms with E-state index in [2.05, 4.69) is 15.4 Å². The van der Waals surface area contributed by atoms with Gasteiger partial charge in [-0.2, -0.15) is 5.10 Å². The van der Waals surface area contributed by atoms with Crippen molar-refractivity contribution in [2.45, 2.75) is 19.4 Å². The lowest BCUT2D eigenvalue weighted by Gasteiger charge is -2.26. The average Bonchev–Trinajstić information content (AvgIpc) is 3.04. The first kappa shape index (κ1) is 15.4. The van der Waals surface area contributed by atoms with Crippen LogP contribution in [-0.2, 0) is 0 Å². The summed E-state index contributed by atoms with van der Waals surface area (Å²) >= 11 is 0. The molecule has 2 aromatic heterocycles. The number of hydrogen-bond donors (Lipinski definition) is 1. The quantitative estimate of drug-likeness (QED) is 0.800. The van der Waals surface area contributed by atoms with E-state index in [1.807, 2.05) is 49.4 Å². The number of nitrogens with one attached hydrogen (secondary N) is 1. The number of ether oxygens (including phenoxy) is 1. The first-order valence-electron chi connectivity index (χ1n) is 8.22. The Kier molecular flexibility index (Phi) is 3.93. The fraction of sp³-hybridized carbons (Fsp3) is 0.211. The standard InChI is InChI=1S/C19H18N4O2/c1-13-15(12-21-23(13)18-8-4-5-10-20-18)19(24)22-16-9-11-25-17-7-3-2-6-14(16)17/h2-8,10,12,16H,9,11H2,1H3,(H,22,24). The fourth-order valence-corrected chi connectivity index (χ4v) is 3.07. The number of carbonyl (C=O) groups excluding carboxylic acids is 1. The van der Waals surface area contributed by atoms with Crippen molar-refractivity contribution >= 4 is 5.91 Å². The molecule has 1 aliphatic rings. The molecule has 1 N–H and O–H groups in total. The van der Waals surface area contributed by atoms with Crippen molar-refractivity contribution in [1.29, 1.82) is 0 Å². The van der Waals surface area contributed by atoms with Crippen molar-refractivity contribution in [1.82, 2.24) is 20.1 Å². The van der Waals surface area contributed by atoms with Crippen LogP contribution in [0, 0.1) is 6.92 Å². The topological polar surface area (TPSA) is 69.0 Å². The molecule has 25 heavy (non-hydrogen) atoms. The Balaban J connectivity index is 1.58. The first-order valence-corrected chi connectivity index (χ1v) is 8.22. The number of carbonyl (C=O) groups is 1. The summed E-state index contributed by atoms with van der Waals surface area (Å²) in [5, 5.41) is 7.42. The van der Waals surface area contributed by atoms with Crippen molar-refractivity contribution in [3.63, 3.8) is 0 Å². The van der Waals surface area contributed by atoms with Gasteiger partial charge >= 0.3 is 0 Å². The molecule has 3 aromatic rings. The summed E-state index contributed by atoms with van der Waals surface area (Å²) in [6.45, 7) is 2.46. The number of para-hydroxylation sites is 1. The van der Waals surface area contributed by atoms with Gasteiger partial charge in [0, 0.05) is 18.2 Å². The number of fused-ring (bicyclic) bond motifs is 1. The van der Waals surface area contributed by atoms with Crippen molar-refractivity contribution < 1.29 is 9.53 Å². The summed E-state index contributed by atoms with van der Waals surface area (Å²) in [5.41, 5.74) is 2.32. The summed E-state index contributed by atoms with van der Waals surface area (Å²) < 4.78 is 7.32. The van der Waals surface area contributed by atoms with Crippen LogP contribution < -0.4 is 10.1 Å².